The maximum Gasteiger partial charge on any atom is 0.126 e. The molecule has 4 rings (SSSR count). The van der Waals surface area contributed by atoms with Crippen molar-refractivity contribution in [3.8, 4) is 5.75 Å². The smallest absolute Gasteiger partial charge is 0.126 e. The molecule has 0 amide bonds. The SMILES string of the molecule is CC(C)[C@H]1c2ccc(F)cc2OC[C@]1(O)CCNCCCc1nc2ccc(Br)cc2[nH]1. The van der Waals surface area contributed by atoms with Gasteiger partial charge in [0.15, 0.2) is 0 Å². The van der Waals surface area contributed by atoms with Crippen LogP contribution in [0.4, 0.5) is 4.39 Å². The van der Waals surface area contributed by atoms with Gasteiger partial charge in [-0.2, -0.15) is 0 Å². The van der Waals surface area contributed by atoms with Gasteiger partial charge in [-0.1, -0.05) is 35.8 Å². The zero-order chi connectivity index (χ0) is 22.0. The van der Waals surface area contributed by atoms with Crippen LogP contribution in [0.5, 0.6) is 5.75 Å². The fourth-order valence-corrected chi connectivity index (χ4v) is 5.00. The zero-order valence-corrected chi connectivity index (χ0v) is 19.5. The molecule has 31 heavy (non-hydrogen) atoms. The highest BCUT2D eigenvalue weighted by Crippen LogP contribution is 2.45. The van der Waals surface area contributed by atoms with Crippen LogP contribution < -0.4 is 10.1 Å². The second-order valence-corrected chi connectivity index (χ2v) is 9.66. The molecule has 2 atom stereocenters. The van der Waals surface area contributed by atoms with Crippen LogP contribution in [0.25, 0.3) is 11.0 Å². The minimum Gasteiger partial charge on any atom is -0.490 e. The molecule has 1 aliphatic rings. The summed E-state index contributed by atoms with van der Waals surface area (Å²) >= 11 is 3.48. The van der Waals surface area contributed by atoms with E-state index in [1.165, 1.54) is 12.1 Å². The molecule has 1 aliphatic heterocycles. The summed E-state index contributed by atoms with van der Waals surface area (Å²) in [6.45, 7) is 5.89. The summed E-state index contributed by atoms with van der Waals surface area (Å²) in [5, 5.41) is 14.8. The molecule has 0 saturated carbocycles. The Balaban J connectivity index is 1.28. The first-order valence-electron chi connectivity index (χ1n) is 10.9. The molecular weight excluding hydrogens is 461 g/mol. The summed E-state index contributed by atoms with van der Waals surface area (Å²) in [5.74, 6) is 1.34. The second kappa shape index (κ2) is 9.27. The molecule has 3 N–H and O–H groups in total. The Bertz CT molecular complexity index is 1050. The van der Waals surface area contributed by atoms with Crippen molar-refractivity contribution in [3.05, 3.63) is 58.1 Å². The first-order valence-corrected chi connectivity index (χ1v) is 11.6. The van der Waals surface area contributed by atoms with Gasteiger partial charge in [0.1, 0.15) is 29.6 Å². The molecule has 0 saturated heterocycles. The first-order chi connectivity index (χ1) is 14.9. The number of hydrogen-bond acceptors (Lipinski definition) is 4. The second-order valence-electron chi connectivity index (χ2n) is 8.74. The van der Waals surface area contributed by atoms with Crippen molar-refractivity contribution < 1.29 is 14.2 Å². The number of aryl methyl sites for hydroxylation is 1. The van der Waals surface area contributed by atoms with Crippen LogP contribution in [0, 0.1) is 11.7 Å². The lowest BCUT2D eigenvalue weighted by molar-refractivity contribution is -0.0595. The zero-order valence-electron chi connectivity index (χ0n) is 17.9. The predicted molar refractivity (Wildman–Crippen MR) is 124 cm³/mol. The molecular formula is C24H29BrFN3O2. The lowest BCUT2D eigenvalue weighted by Crippen LogP contribution is -2.49. The number of nitrogens with one attached hydrogen (secondary N) is 2. The Morgan fingerprint density at radius 3 is 2.94 bits per heavy atom. The molecule has 0 radical (unpaired) electrons. The van der Waals surface area contributed by atoms with Crippen molar-refractivity contribution in [2.45, 2.75) is 44.6 Å². The summed E-state index contributed by atoms with van der Waals surface area (Å²) < 4.78 is 20.4. The fraction of sp³-hybridized carbons (Fsp3) is 0.458. The number of aromatic amines is 1. The van der Waals surface area contributed by atoms with Crippen LogP contribution in [0.3, 0.4) is 0 Å². The van der Waals surface area contributed by atoms with Crippen molar-refractivity contribution in [3.63, 3.8) is 0 Å². The van der Waals surface area contributed by atoms with E-state index in [1.54, 1.807) is 6.07 Å². The third-order valence-corrected chi connectivity index (χ3v) is 6.52. The summed E-state index contributed by atoms with van der Waals surface area (Å²) in [6.07, 6.45) is 2.39. The molecule has 3 aromatic rings. The van der Waals surface area contributed by atoms with Crippen LogP contribution in [0.2, 0.25) is 0 Å². The number of halogens is 2. The summed E-state index contributed by atoms with van der Waals surface area (Å²) in [7, 11) is 0. The Labute approximate surface area is 190 Å². The highest BCUT2D eigenvalue weighted by Gasteiger charge is 2.44. The average Bonchev–Trinajstić information content (AvgIpc) is 3.12. The number of H-pyrrole nitrogens is 1. The predicted octanol–water partition coefficient (Wildman–Crippen LogP) is 4.94. The van der Waals surface area contributed by atoms with Gasteiger partial charge in [-0.25, -0.2) is 9.37 Å². The van der Waals surface area contributed by atoms with Crippen molar-refractivity contribution in [2.75, 3.05) is 19.7 Å². The molecule has 0 spiro atoms. The average molecular weight is 490 g/mol. The molecule has 5 nitrogen and oxygen atoms in total. The molecule has 2 aromatic carbocycles. The van der Waals surface area contributed by atoms with Crippen molar-refractivity contribution in [1.29, 1.82) is 0 Å². The number of fused-ring (bicyclic) bond motifs is 2. The topological polar surface area (TPSA) is 70.2 Å². The van der Waals surface area contributed by atoms with Gasteiger partial charge in [0.05, 0.1) is 11.0 Å². The fourth-order valence-electron chi connectivity index (χ4n) is 4.64. The van der Waals surface area contributed by atoms with Gasteiger partial charge in [-0.05, 0) is 56.1 Å². The van der Waals surface area contributed by atoms with E-state index in [0.29, 0.717) is 18.7 Å². The molecule has 0 aliphatic carbocycles. The Morgan fingerprint density at radius 2 is 2.13 bits per heavy atom. The largest absolute Gasteiger partial charge is 0.490 e. The maximum absolute atomic E-state index is 13.6. The Kier molecular flexibility index (Phi) is 6.65. The van der Waals surface area contributed by atoms with Crippen molar-refractivity contribution >= 4 is 27.0 Å². The van der Waals surface area contributed by atoms with Crippen LogP contribution >= 0.6 is 15.9 Å². The van der Waals surface area contributed by atoms with Gasteiger partial charge < -0.3 is 20.1 Å². The van der Waals surface area contributed by atoms with Gasteiger partial charge in [0.25, 0.3) is 0 Å². The monoisotopic (exact) mass is 489 g/mol. The van der Waals surface area contributed by atoms with Crippen LogP contribution in [0.15, 0.2) is 40.9 Å². The Hall–Kier alpha value is -1.96. The molecule has 7 heteroatoms. The van der Waals surface area contributed by atoms with Crippen molar-refractivity contribution in [1.82, 2.24) is 15.3 Å². The van der Waals surface area contributed by atoms with E-state index in [9.17, 15) is 9.50 Å². The van der Waals surface area contributed by atoms with Gasteiger partial charge in [-0.15, -0.1) is 0 Å². The maximum atomic E-state index is 13.6. The van der Waals surface area contributed by atoms with E-state index < -0.39 is 5.60 Å². The lowest BCUT2D eigenvalue weighted by atomic mass is 9.72. The molecule has 1 aromatic heterocycles. The number of rotatable bonds is 8. The molecule has 166 valence electrons. The van der Waals surface area contributed by atoms with Crippen LogP contribution in [0.1, 0.15) is 44.0 Å². The standard InChI is InChI=1S/C24H29BrFN3O2/c1-15(2)23-18-7-6-17(26)13-21(18)31-14-24(23,30)9-11-27-10-3-4-22-28-19-8-5-16(25)12-20(19)29-22/h5-8,12-13,15,23,27,30H,3-4,9-11,14H2,1-2H3,(H,28,29)/t23-,24+/m0/s1. The summed E-state index contributed by atoms with van der Waals surface area (Å²) in [6, 6.07) is 10.6. The van der Waals surface area contributed by atoms with E-state index in [0.717, 1.165) is 46.3 Å². The quantitative estimate of drug-likeness (QED) is 0.392. The minimum atomic E-state index is -0.974. The van der Waals surface area contributed by atoms with Gasteiger partial charge in [0, 0.05) is 28.4 Å². The first kappa shape index (κ1) is 22.2. The van der Waals surface area contributed by atoms with E-state index in [4.69, 9.17) is 4.74 Å². The van der Waals surface area contributed by atoms with E-state index in [2.05, 4.69) is 45.1 Å². The summed E-state index contributed by atoms with van der Waals surface area (Å²) in [5.41, 5.74) is 1.93. The van der Waals surface area contributed by atoms with Gasteiger partial charge in [0.2, 0.25) is 0 Å². The van der Waals surface area contributed by atoms with E-state index >= 15 is 0 Å². The molecule has 2 heterocycles. The third-order valence-electron chi connectivity index (χ3n) is 6.03. The van der Waals surface area contributed by atoms with Crippen LogP contribution in [-0.2, 0) is 6.42 Å². The van der Waals surface area contributed by atoms with E-state index in [-0.39, 0.29) is 24.3 Å². The number of aliphatic hydroxyl groups is 1. The molecule has 0 unspecified atom stereocenters. The number of ether oxygens (including phenoxy) is 1. The normalized spacial score (nSPS) is 20.8. The van der Waals surface area contributed by atoms with E-state index in [1.807, 2.05) is 18.2 Å². The third kappa shape index (κ3) is 4.94. The van der Waals surface area contributed by atoms with Crippen molar-refractivity contribution in [2.24, 2.45) is 5.92 Å². The minimum absolute atomic E-state index is 0.0893. The number of aromatic nitrogens is 2. The number of benzene rings is 2. The highest BCUT2D eigenvalue weighted by molar-refractivity contribution is 9.10. The number of nitrogens with zero attached hydrogens (tertiary/aromatic N) is 1. The highest BCUT2D eigenvalue weighted by atomic mass is 79.9. The number of imidazole rings is 1. The Morgan fingerprint density at radius 1 is 1.29 bits per heavy atom. The molecule has 0 bridgehead atoms. The van der Waals surface area contributed by atoms with Gasteiger partial charge in [-0.3, -0.25) is 0 Å². The molecule has 0 fully saturated rings. The lowest BCUT2D eigenvalue weighted by Gasteiger charge is -2.43. The van der Waals surface area contributed by atoms with Gasteiger partial charge >= 0.3 is 0 Å². The van der Waals surface area contributed by atoms with Crippen LogP contribution in [-0.4, -0.2) is 40.4 Å². The number of hydrogen-bond donors (Lipinski definition) is 3. The summed E-state index contributed by atoms with van der Waals surface area (Å²) in [4.78, 5) is 7.99.